The highest BCUT2D eigenvalue weighted by Gasteiger charge is 2.52. The van der Waals surface area contributed by atoms with Crippen LogP contribution in [0.25, 0.3) is 0 Å². The normalized spacial score (nSPS) is 25.3. The van der Waals surface area contributed by atoms with Crippen LogP contribution in [0.1, 0.15) is 24.4 Å². The second-order valence-electron chi connectivity index (χ2n) is 6.24. The zero-order valence-electron chi connectivity index (χ0n) is 13.9. The van der Waals surface area contributed by atoms with E-state index < -0.39 is 22.6 Å². The molecular formula is C18H17N4O3S+. The third-order valence-corrected chi connectivity index (χ3v) is 4.77. The maximum absolute atomic E-state index is 11.2. The van der Waals surface area contributed by atoms with Crippen LogP contribution < -0.4 is 9.88 Å². The Morgan fingerprint density at radius 2 is 2.04 bits per heavy atom. The summed E-state index contributed by atoms with van der Waals surface area (Å²) >= 11 is 5.31. The molecule has 8 heteroatoms. The van der Waals surface area contributed by atoms with E-state index in [0.717, 1.165) is 0 Å². The number of benzene rings is 1. The summed E-state index contributed by atoms with van der Waals surface area (Å²) in [5, 5.41) is 32.8. The molecule has 0 aliphatic carbocycles. The molecule has 0 spiro atoms. The number of non-ortho nitro benzene ring substituents is 1. The Balaban J connectivity index is 2.24. The Morgan fingerprint density at radius 3 is 2.65 bits per heavy atom. The van der Waals surface area contributed by atoms with Gasteiger partial charge in [0.2, 0.25) is 6.04 Å². The van der Waals surface area contributed by atoms with Crippen LogP contribution >= 0.6 is 12.2 Å². The Bertz CT molecular complexity index is 923. The van der Waals surface area contributed by atoms with E-state index in [2.05, 4.69) is 11.2 Å². The molecule has 1 aromatic heterocycles. The highest BCUT2D eigenvalue weighted by atomic mass is 32.1. The molecule has 1 aliphatic rings. The summed E-state index contributed by atoms with van der Waals surface area (Å²) in [6.07, 6.45) is 3.59. The summed E-state index contributed by atoms with van der Waals surface area (Å²) in [6.45, 7) is 1.59. The maximum Gasteiger partial charge on any atom is 0.269 e. The molecular weight excluding hydrogens is 352 g/mol. The van der Waals surface area contributed by atoms with E-state index in [1.807, 2.05) is 18.2 Å². The quantitative estimate of drug-likeness (QED) is 0.192. The molecule has 3 unspecified atom stereocenters. The number of hydrogen-bond donors (Lipinski definition) is 3. The number of nitro benzene ring substituents is 1. The molecule has 2 heterocycles. The van der Waals surface area contributed by atoms with Gasteiger partial charge in [-0.2, -0.15) is 4.57 Å². The van der Waals surface area contributed by atoms with Crippen LogP contribution in [0, 0.1) is 15.5 Å². The van der Waals surface area contributed by atoms with Gasteiger partial charge in [0.05, 0.1) is 16.4 Å². The van der Waals surface area contributed by atoms with Crippen LogP contribution in [0.5, 0.6) is 0 Å². The van der Waals surface area contributed by atoms with Crippen molar-refractivity contribution in [3.05, 3.63) is 76.1 Å². The predicted molar refractivity (Wildman–Crippen MR) is 99.1 cm³/mol. The first-order valence-corrected chi connectivity index (χ1v) is 8.30. The van der Waals surface area contributed by atoms with Crippen LogP contribution in [0.15, 0.2) is 60.4 Å². The molecule has 132 valence electrons. The molecule has 1 saturated heterocycles. The summed E-state index contributed by atoms with van der Waals surface area (Å²) in [4.78, 5) is 10.9. The maximum atomic E-state index is 11.2. The van der Waals surface area contributed by atoms with Gasteiger partial charge in [-0.3, -0.25) is 15.5 Å². The zero-order valence-corrected chi connectivity index (χ0v) is 14.7. The first-order chi connectivity index (χ1) is 12.3. The number of rotatable bonds is 3. The Morgan fingerprint density at radius 1 is 1.35 bits per heavy atom. The van der Waals surface area contributed by atoms with E-state index in [9.17, 15) is 15.2 Å². The number of nitrogens with zero attached hydrogens (tertiary/aromatic N) is 2. The second kappa shape index (κ2) is 6.76. The van der Waals surface area contributed by atoms with Crippen molar-refractivity contribution < 1.29 is 14.6 Å². The standard InChI is InChI=1S/C18H16N4O3S/c1-18(23)16(21-8-3-2-4-9-21)15(14(11-19)17(26)20-18)12-6-5-7-13(10-12)22(24)25/h2-10,15-16,19,23H,1H3/p+1. The van der Waals surface area contributed by atoms with Gasteiger partial charge in [-0.1, -0.05) is 30.4 Å². The van der Waals surface area contributed by atoms with E-state index in [1.54, 1.807) is 36.0 Å². The lowest BCUT2D eigenvalue weighted by atomic mass is 9.77. The van der Waals surface area contributed by atoms with Gasteiger partial charge in [0.1, 0.15) is 4.99 Å². The lowest BCUT2D eigenvalue weighted by Crippen LogP contribution is -2.65. The molecule has 0 amide bonds. The molecule has 3 rings (SSSR count). The molecule has 0 radical (unpaired) electrons. The van der Waals surface area contributed by atoms with Crippen LogP contribution in [-0.2, 0) is 0 Å². The summed E-state index contributed by atoms with van der Waals surface area (Å²) in [5.74, 6) is 1.78. The number of nitrogens with one attached hydrogen (secondary N) is 2. The van der Waals surface area contributed by atoms with Crippen molar-refractivity contribution in [2.24, 2.45) is 0 Å². The van der Waals surface area contributed by atoms with Crippen LogP contribution in [0.2, 0.25) is 0 Å². The predicted octanol–water partition coefficient (Wildman–Crippen LogP) is 2.02. The van der Waals surface area contributed by atoms with Crippen molar-refractivity contribution in [3.63, 3.8) is 0 Å². The summed E-state index contributed by atoms with van der Waals surface area (Å²) in [6, 6.07) is 11.1. The van der Waals surface area contributed by atoms with E-state index in [4.69, 9.17) is 17.6 Å². The SMILES string of the molecule is CC1(O)NC(=S)C(=C=N)C(c2cccc([N+](=O)[O-])c2)C1[n+]1ccccc1. The average molecular weight is 369 g/mol. The Kier molecular flexibility index (Phi) is 4.65. The number of aromatic nitrogens is 1. The largest absolute Gasteiger partial charge is 0.366 e. The highest BCUT2D eigenvalue weighted by Crippen LogP contribution is 2.41. The van der Waals surface area contributed by atoms with Gasteiger partial charge in [0, 0.05) is 24.3 Å². The minimum Gasteiger partial charge on any atom is -0.366 e. The molecule has 1 fully saturated rings. The number of thiocarbonyl (C=S) groups is 1. The van der Waals surface area contributed by atoms with Crippen molar-refractivity contribution in [2.75, 3.05) is 0 Å². The number of pyridine rings is 1. The third-order valence-electron chi connectivity index (χ3n) is 4.45. The van der Waals surface area contributed by atoms with Crippen LogP contribution in [-0.4, -0.2) is 26.6 Å². The van der Waals surface area contributed by atoms with Gasteiger partial charge in [0.15, 0.2) is 18.1 Å². The number of hydrogen-bond acceptors (Lipinski definition) is 5. The van der Waals surface area contributed by atoms with Gasteiger partial charge >= 0.3 is 0 Å². The molecule has 7 nitrogen and oxygen atoms in total. The molecule has 3 atom stereocenters. The summed E-state index contributed by atoms with van der Waals surface area (Å²) in [5.41, 5.74) is -0.542. The van der Waals surface area contributed by atoms with E-state index >= 15 is 0 Å². The molecule has 1 aromatic carbocycles. The monoisotopic (exact) mass is 369 g/mol. The third kappa shape index (κ3) is 3.13. The highest BCUT2D eigenvalue weighted by molar-refractivity contribution is 7.80. The smallest absolute Gasteiger partial charge is 0.269 e. The lowest BCUT2D eigenvalue weighted by molar-refractivity contribution is -0.740. The fourth-order valence-corrected chi connectivity index (χ4v) is 3.75. The van der Waals surface area contributed by atoms with E-state index in [-0.39, 0.29) is 10.7 Å². The van der Waals surface area contributed by atoms with Crippen molar-refractivity contribution in [1.29, 1.82) is 5.41 Å². The number of piperidine rings is 1. The molecule has 0 bridgehead atoms. The van der Waals surface area contributed by atoms with E-state index in [0.29, 0.717) is 11.1 Å². The Hall–Kier alpha value is -2.93. The molecule has 2 aromatic rings. The van der Waals surface area contributed by atoms with Gasteiger partial charge in [-0.25, -0.2) is 0 Å². The first-order valence-electron chi connectivity index (χ1n) is 7.90. The minimum absolute atomic E-state index is 0.0623. The van der Waals surface area contributed by atoms with Gasteiger partial charge in [0.25, 0.3) is 5.69 Å². The van der Waals surface area contributed by atoms with Gasteiger partial charge < -0.3 is 10.4 Å². The van der Waals surface area contributed by atoms with Crippen molar-refractivity contribution >= 4 is 28.8 Å². The number of nitro groups is 1. The van der Waals surface area contributed by atoms with Crippen LogP contribution in [0.3, 0.4) is 0 Å². The summed E-state index contributed by atoms with van der Waals surface area (Å²) < 4.78 is 1.80. The topological polar surface area (TPSA) is 103 Å². The van der Waals surface area contributed by atoms with E-state index in [1.165, 1.54) is 12.1 Å². The number of aliphatic hydroxyl groups is 1. The second-order valence-corrected chi connectivity index (χ2v) is 6.65. The zero-order chi connectivity index (χ0) is 18.9. The van der Waals surface area contributed by atoms with Crippen LogP contribution in [0.4, 0.5) is 5.69 Å². The minimum atomic E-state index is -1.43. The van der Waals surface area contributed by atoms with Crippen molar-refractivity contribution in [1.82, 2.24) is 5.32 Å². The van der Waals surface area contributed by atoms with Gasteiger partial charge in [-0.15, -0.1) is 0 Å². The Labute approximate surface area is 155 Å². The summed E-state index contributed by atoms with van der Waals surface area (Å²) in [7, 11) is 0. The van der Waals surface area contributed by atoms with Crippen molar-refractivity contribution in [3.8, 4) is 0 Å². The average Bonchev–Trinajstić information content (AvgIpc) is 2.61. The molecule has 1 aliphatic heterocycles. The lowest BCUT2D eigenvalue weighted by Gasteiger charge is -2.40. The molecule has 26 heavy (non-hydrogen) atoms. The molecule has 0 saturated carbocycles. The fraction of sp³-hybridized carbons (Fsp3) is 0.222. The first kappa shape index (κ1) is 17.9. The fourth-order valence-electron chi connectivity index (χ4n) is 3.37. The van der Waals surface area contributed by atoms with Crippen molar-refractivity contribution in [2.45, 2.75) is 24.6 Å². The van der Waals surface area contributed by atoms with Gasteiger partial charge in [-0.05, 0) is 18.4 Å². The molecule has 3 N–H and O–H groups in total.